The molecule has 0 amide bonds. The minimum atomic E-state index is 0.534. The van der Waals surface area contributed by atoms with Gasteiger partial charge >= 0.3 is 0 Å². The van der Waals surface area contributed by atoms with Gasteiger partial charge in [-0.2, -0.15) is 0 Å². The Morgan fingerprint density at radius 1 is 1.38 bits per heavy atom. The fraction of sp³-hybridized carbons (Fsp3) is 1.00. The summed E-state index contributed by atoms with van der Waals surface area (Å²) in [7, 11) is 1.81. The number of rotatable bonds is 4. The monoisotopic (exact) mass is 183 g/mol. The molecule has 0 aliphatic heterocycles. The summed E-state index contributed by atoms with van der Waals surface area (Å²) in [5.41, 5.74) is 0.623. The normalized spacial score (nSPS) is 36.5. The van der Waals surface area contributed by atoms with Crippen molar-refractivity contribution >= 4 is 0 Å². The molecule has 0 bridgehead atoms. The minimum absolute atomic E-state index is 0.534. The molecule has 2 aliphatic carbocycles. The lowest BCUT2D eigenvalue weighted by Crippen LogP contribution is -2.49. The highest BCUT2D eigenvalue weighted by molar-refractivity contribution is 4.91. The van der Waals surface area contributed by atoms with Gasteiger partial charge in [0.1, 0.15) is 0 Å². The Bertz CT molecular complexity index is 171. The molecule has 0 radical (unpaired) electrons. The van der Waals surface area contributed by atoms with Gasteiger partial charge in [0.15, 0.2) is 0 Å². The fourth-order valence-corrected chi connectivity index (χ4v) is 2.27. The summed E-state index contributed by atoms with van der Waals surface area (Å²) in [6.07, 6.45) is 7.23. The molecule has 13 heavy (non-hydrogen) atoms. The van der Waals surface area contributed by atoms with Gasteiger partial charge in [0.25, 0.3) is 0 Å². The van der Waals surface area contributed by atoms with Gasteiger partial charge in [-0.25, -0.2) is 0 Å². The summed E-state index contributed by atoms with van der Waals surface area (Å²) in [5, 5.41) is 3.65. The highest BCUT2D eigenvalue weighted by Gasteiger charge is 2.34. The zero-order valence-electron chi connectivity index (χ0n) is 8.81. The topological polar surface area (TPSA) is 21.3 Å². The maximum Gasteiger partial charge on any atom is 0.0601 e. The summed E-state index contributed by atoms with van der Waals surface area (Å²) >= 11 is 0. The van der Waals surface area contributed by atoms with Crippen LogP contribution in [-0.4, -0.2) is 25.8 Å². The number of hydrogen-bond donors (Lipinski definition) is 1. The summed E-state index contributed by atoms with van der Waals surface area (Å²) in [5.74, 6) is 0. The number of ether oxygens (including phenoxy) is 1. The maximum absolute atomic E-state index is 5.25. The van der Waals surface area contributed by atoms with E-state index in [1.807, 2.05) is 7.11 Å². The Balaban J connectivity index is 1.59. The van der Waals surface area contributed by atoms with Crippen LogP contribution in [-0.2, 0) is 4.74 Å². The lowest BCUT2D eigenvalue weighted by molar-refractivity contribution is 0.0112. The van der Waals surface area contributed by atoms with Crippen molar-refractivity contribution in [2.75, 3.05) is 13.7 Å². The predicted octanol–water partition coefficient (Wildman–Crippen LogP) is 1.94. The van der Waals surface area contributed by atoms with E-state index >= 15 is 0 Å². The summed E-state index contributed by atoms with van der Waals surface area (Å²) in [6.45, 7) is 3.62. The van der Waals surface area contributed by atoms with Crippen LogP contribution in [0.15, 0.2) is 0 Å². The molecule has 0 heterocycles. The van der Waals surface area contributed by atoms with Gasteiger partial charge in [0.2, 0.25) is 0 Å². The highest BCUT2D eigenvalue weighted by Crippen LogP contribution is 2.40. The summed E-state index contributed by atoms with van der Waals surface area (Å²) in [4.78, 5) is 0. The van der Waals surface area contributed by atoms with Crippen molar-refractivity contribution in [3.05, 3.63) is 0 Å². The molecule has 2 fully saturated rings. The van der Waals surface area contributed by atoms with Gasteiger partial charge in [-0.15, -0.1) is 0 Å². The van der Waals surface area contributed by atoms with Crippen molar-refractivity contribution in [3.63, 3.8) is 0 Å². The third kappa shape index (κ3) is 2.05. The van der Waals surface area contributed by atoms with Crippen LogP contribution < -0.4 is 5.32 Å². The molecule has 2 aliphatic rings. The first-order chi connectivity index (χ1) is 6.22. The van der Waals surface area contributed by atoms with Crippen molar-refractivity contribution in [1.82, 2.24) is 5.32 Å². The second kappa shape index (κ2) is 3.58. The second-order valence-corrected chi connectivity index (χ2v) is 5.07. The molecule has 2 saturated carbocycles. The van der Waals surface area contributed by atoms with E-state index in [2.05, 4.69) is 12.2 Å². The molecule has 0 aromatic rings. The molecule has 0 spiro atoms. The van der Waals surface area contributed by atoms with Gasteiger partial charge in [0, 0.05) is 19.7 Å². The summed E-state index contributed by atoms with van der Waals surface area (Å²) < 4.78 is 5.25. The molecule has 2 rings (SSSR count). The third-order valence-corrected chi connectivity index (χ3v) is 3.81. The van der Waals surface area contributed by atoms with E-state index in [1.54, 1.807) is 0 Å². The van der Waals surface area contributed by atoms with Crippen LogP contribution in [0, 0.1) is 5.41 Å². The van der Waals surface area contributed by atoms with Gasteiger partial charge in [-0.05, 0) is 31.1 Å². The average molecular weight is 183 g/mol. The van der Waals surface area contributed by atoms with E-state index in [0.29, 0.717) is 11.5 Å². The van der Waals surface area contributed by atoms with E-state index in [1.165, 1.54) is 38.6 Å². The van der Waals surface area contributed by atoms with Crippen LogP contribution in [0.1, 0.15) is 39.0 Å². The maximum atomic E-state index is 5.25. The highest BCUT2D eigenvalue weighted by atomic mass is 16.5. The molecule has 0 aromatic carbocycles. The van der Waals surface area contributed by atoms with Crippen molar-refractivity contribution in [2.45, 2.75) is 51.2 Å². The Kier molecular flexibility index (Phi) is 2.61. The van der Waals surface area contributed by atoms with Gasteiger partial charge in [0.05, 0.1) is 6.10 Å². The lowest BCUT2D eigenvalue weighted by Gasteiger charge is -2.42. The molecule has 1 N–H and O–H groups in total. The first kappa shape index (κ1) is 9.47. The molecular formula is C11H21NO. The molecule has 0 saturated heterocycles. The third-order valence-electron chi connectivity index (χ3n) is 3.81. The zero-order valence-corrected chi connectivity index (χ0v) is 8.81. The van der Waals surface area contributed by atoms with Crippen LogP contribution in [0.25, 0.3) is 0 Å². The van der Waals surface area contributed by atoms with E-state index in [9.17, 15) is 0 Å². The molecule has 0 unspecified atom stereocenters. The molecule has 2 nitrogen and oxygen atoms in total. The van der Waals surface area contributed by atoms with E-state index in [-0.39, 0.29) is 0 Å². The Morgan fingerprint density at radius 2 is 2.08 bits per heavy atom. The quantitative estimate of drug-likeness (QED) is 0.719. The molecule has 0 aromatic heterocycles. The van der Waals surface area contributed by atoms with Crippen LogP contribution in [0.4, 0.5) is 0 Å². The minimum Gasteiger partial charge on any atom is -0.381 e. The van der Waals surface area contributed by atoms with Crippen LogP contribution >= 0.6 is 0 Å². The van der Waals surface area contributed by atoms with Gasteiger partial charge in [-0.1, -0.05) is 13.3 Å². The van der Waals surface area contributed by atoms with E-state index in [4.69, 9.17) is 4.74 Å². The van der Waals surface area contributed by atoms with E-state index in [0.717, 1.165) is 6.04 Å². The van der Waals surface area contributed by atoms with Gasteiger partial charge in [-0.3, -0.25) is 0 Å². The van der Waals surface area contributed by atoms with E-state index < -0.39 is 0 Å². The van der Waals surface area contributed by atoms with Crippen molar-refractivity contribution < 1.29 is 4.74 Å². The first-order valence-corrected chi connectivity index (χ1v) is 5.48. The molecule has 2 heteroatoms. The Labute approximate surface area is 81.0 Å². The van der Waals surface area contributed by atoms with Crippen LogP contribution in [0.2, 0.25) is 0 Å². The van der Waals surface area contributed by atoms with Crippen molar-refractivity contribution in [3.8, 4) is 0 Å². The van der Waals surface area contributed by atoms with Crippen LogP contribution in [0.5, 0.6) is 0 Å². The van der Waals surface area contributed by atoms with Crippen molar-refractivity contribution in [1.29, 1.82) is 0 Å². The SMILES string of the molecule is COC1CC(NCC2(C)CCC2)C1. The lowest BCUT2D eigenvalue weighted by atomic mass is 9.70. The standard InChI is InChI=1S/C11H21NO/c1-11(4-3-5-11)8-12-9-6-10(7-9)13-2/h9-10,12H,3-8H2,1-2H3. The zero-order chi connectivity index (χ0) is 9.31. The number of methoxy groups -OCH3 is 1. The smallest absolute Gasteiger partial charge is 0.0601 e. The summed E-state index contributed by atoms with van der Waals surface area (Å²) in [6, 6.07) is 0.738. The van der Waals surface area contributed by atoms with Gasteiger partial charge < -0.3 is 10.1 Å². The molecule has 0 atom stereocenters. The molecular weight excluding hydrogens is 162 g/mol. The second-order valence-electron chi connectivity index (χ2n) is 5.07. The largest absolute Gasteiger partial charge is 0.381 e. The van der Waals surface area contributed by atoms with Crippen LogP contribution in [0.3, 0.4) is 0 Å². The Morgan fingerprint density at radius 3 is 2.54 bits per heavy atom. The average Bonchev–Trinajstić information content (AvgIpc) is 1.99. The fourth-order valence-electron chi connectivity index (χ4n) is 2.27. The number of hydrogen-bond acceptors (Lipinski definition) is 2. The van der Waals surface area contributed by atoms with Crippen molar-refractivity contribution in [2.24, 2.45) is 5.41 Å². The molecule has 76 valence electrons. The number of nitrogens with one attached hydrogen (secondary N) is 1. The first-order valence-electron chi connectivity index (χ1n) is 5.48. The predicted molar refractivity (Wildman–Crippen MR) is 53.8 cm³/mol. The Hall–Kier alpha value is -0.0800.